The number of anilines is 1. The SMILES string of the molecule is CCCNC1CCN(c2cn3c(=O)cc(-c4cc5c(C)nc(C)cn5n4)nc3c(C)n2)CC1. The van der Waals surface area contributed by atoms with Crippen LogP contribution in [0, 0.1) is 20.8 Å². The number of nitrogens with one attached hydrogen (secondary N) is 1. The zero-order valence-corrected chi connectivity index (χ0v) is 19.7. The van der Waals surface area contributed by atoms with Crippen LogP contribution in [-0.2, 0) is 0 Å². The van der Waals surface area contributed by atoms with E-state index in [1.807, 2.05) is 39.2 Å². The summed E-state index contributed by atoms with van der Waals surface area (Å²) >= 11 is 0. The normalized spacial score (nSPS) is 15.1. The molecule has 0 amide bonds. The molecule has 9 heteroatoms. The molecule has 1 aliphatic heterocycles. The van der Waals surface area contributed by atoms with Crippen molar-refractivity contribution in [3.63, 3.8) is 0 Å². The number of aromatic nitrogens is 6. The summed E-state index contributed by atoms with van der Waals surface area (Å²) in [7, 11) is 0. The van der Waals surface area contributed by atoms with Crippen molar-refractivity contribution < 1.29 is 0 Å². The van der Waals surface area contributed by atoms with Crippen LogP contribution in [-0.4, -0.2) is 54.6 Å². The molecule has 1 N–H and O–H groups in total. The van der Waals surface area contributed by atoms with E-state index in [2.05, 4.69) is 27.2 Å². The van der Waals surface area contributed by atoms with E-state index in [0.717, 1.165) is 67.3 Å². The van der Waals surface area contributed by atoms with Crippen LogP contribution in [0.15, 0.2) is 29.3 Å². The summed E-state index contributed by atoms with van der Waals surface area (Å²) in [6.07, 6.45) is 7.00. The molecule has 33 heavy (non-hydrogen) atoms. The Kier molecular flexibility index (Phi) is 5.57. The van der Waals surface area contributed by atoms with Crippen molar-refractivity contribution in [3.05, 3.63) is 52.0 Å². The van der Waals surface area contributed by atoms with Crippen molar-refractivity contribution in [2.24, 2.45) is 0 Å². The van der Waals surface area contributed by atoms with E-state index in [0.29, 0.717) is 23.1 Å². The van der Waals surface area contributed by atoms with Gasteiger partial charge in [0.1, 0.15) is 11.5 Å². The molecule has 0 atom stereocenters. The van der Waals surface area contributed by atoms with Crippen molar-refractivity contribution in [2.45, 2.75) is 53.0 Å². The largest absolute Gasteiger partial charge is 0.355 e. The third-order valence-electron chi connectivity index (χ3n) is 6.33. The number of rotatable bonds is 5. The fourth-order valence-corrected chi connectivity index (χ4v) is 4.60. The van der Waals surface area contributed by atoms with Gasteiger partial charge in [0, 0.05) is 25.2 Å². The van der Waals surface area contributed by atoms with Gasteiger partial charge in [0.05, 0.1) is 40.7 Å². The van der Waals surface area contributed by atoms with E-state index in [1.165, 1.54) is 0 Å². The smallest absolute Gasteiger partial charge is 0.258 e. The molecule has 1 fully saturated rings. The van der Waals surface area contributed by atoms with Gasteiger partial charge in [-0.25, -0.2) is 14.5 Å². The fourth-order valence-electron chi connectivity index (χ4n) is 4.60. The summed E-state index contributed by atoms with van der Waals surface area (Å²) in [5.41, 5.74) is 5.03. The summed E-state index contributed by atoms with van der Waals surface area (Å²) in [4.78, 5) is 29.4. The number of hydrogen-bond acceptors (Lipinski definition) is 7. The van der Waals surface area contributed by atoms with Crippen molar-refractivity contribution in [1.29, 1.82) is 0 Å². The van der Waals surface area contributed by atoms with Crippen molar-refractivity contribution in [1.82, 2.24) is 34.3 Å². The zero-order valence-electron chi connectivity index (χ0n) is 19.7. The Labute approximate surface area is 192 Å². The van der Waals surface area contributed by atoms with Gasteiger partial charge in [0.25, 0.3) is 5.56 Å². The lowest BCUT2D eigenvalue weighted by atomic mass is 10.1. The number of aryl methyl sites for hydroxylation is 3. The lowest BCUT2D eigenvalue weighted by Gasteiger charge is -2.33. The van der Waals surface area contributed by atoms with Crippen LogP contribution in [0.5, 0.6) is 0 Å². The molecule has 5 rings (SSSR count). The molecule has 9 nitrogen and oxygen atoms in total. The second kappa shape index (κ2) is 8.55. The molecule has 0 aliphatic carbocycles. The molecule has 1 saturated heterocycles. The van der Waals surface area contributed by atoms with Crippen LogP contribution in [0.25, 0.3) is 22.6 Å². The van der Waals surface area contributed by atoms with E-state index >= 15 is 0 Å². The van der Waals surface area contributed by atoms with E-state index in [1.54, 1.807) is 15.0 Å². The van der Waals surface area contributed by atoms with Gasteiger partial charge in [-0.3, -0.25) is 14.2 Å². The van der Waals surface area contributed by atoms with Crippen LogP contribution in [0.4, 0.5) is 5.82 Å². The van der Waals surface area contributed by atoms with Crippen LogP contribution >= 0.6 is 0 Å². The second-order valence-electron chi connectivity index (χ2n) is 8.90. The van der Waals surface area contributed by atoms with Gasteiger partial charge in [-0.05, 0) is 52.6 Å². The van der Waals surface area contributed by atoms with E-state index in [4.69, 9.17) is 9.97 Å². The highest BCUT2D eigenvalue weighted by atomic mass is 16.1. The third kappa shape index (κ3) is 4.08. The van der Waals surface area contributed by atoms with Gasteiger partial charge in [0.2, 0.25) is 0 Å². The molecule has 0 spiro atoms. The first-order valence-electron chi connectivity index (χ1n) is 11.7. The molecule has 0 radical (unpaired) electrons. The molecule has 0 aromatic carbocycles. The molecule has 0 unspecified atom stereocenters. The summed E-state index contributed by atoms with van der Waals surface area (Å²) < 4.78 is 3.40. The Morgan fingerprint density at radius 2 is 1.79 bits per heavy atom. The topological polar surface area (TPSA) is 92.7 Å². The van der Waals surface area contributed by atoms with E-state index in [-0.39, 0.29) is 5.56 Å². The first-order chi connectivity index (χ1) is 15.9. The number of nitrogens with zero attached hydrogens (tertiary/aromatic N) is 7. The molecule has 4 aromatic heterocycles. The zero-order chi connectivity index (χ0) is 23.1. The maximum atomic E-state index is 13.1. The van der Waals surface area contributed by atoms with Crippen molar-refractivity contribution in [3.8, 4) is 11.4 Å². The van der Waals surface area contributed by atoms with Gasteiger partial charge in [-0.15, -0.1) is 0 Å². The minimum absolute atomic E-state index is 0.135. The van der Waals surface area contributed by atoms with Crippen molar-refractivity contribution >= 4 is 17.0 Å². The van der Waals surface area contributed by atoms with Crippen LogP contribution in [0.2, 0.25) is 0 Å². The van der Waals surface area contributed by atoms with Crippen LogP contribution in [0.1, 0.15) is 43.3 Å². The molecular weight excluding hydrogens is 416 g/mol. The number of fused-ring (bicyclic) bond motifs is 2. The predicted octanol–water partition coefficient (Wildman–Crippen LogP) is 2.69. The molecule has 172 valence electrons. The average molecular weight is 447 g/mol. The standard InChI is InChI=1S/C24H30N8O/c1-5-8-25-18-6-9-30(10-7-18)22-14-31-23(33)12-19(28-24(31)17(4)27-22)20-11-21-16(3)26-15(2)13-32(21)29-20/h11-14,18,25H,5-10H2,1-4H3. The molecule has 5 heterocycles. The quantitative estimate of drug-likeness (QED) is 0.504. The molecule has 4 aromatic rings. The first-order valence-corrected chi connectivity index (χ1v) is 11.7. The predicted molar refractivity (Wildman–Crippen MR) is 129 cm³/mol. The molecule has 0 saturated carbocycles. The number of hydrogen-bond donors (Lipinski definition) is 1. The summed E-state index contributed by atoms with van der Waals surface area (Å²) in [6, 6.07) is 4.03. The van der Waals surface area contributed by atoms with Crippen molar-refractivity contribution in [2.75, 3.05) is 24.5 Å². The maximum Gasteiger partial charge on any atom is 0.258 e. The van der Waals surface area contributed by atoms with Crippen LogP contribution in [0.3, 0.4) is 0 Å². The summed E-state index contributed by atoms with van der Waals surface area (Å²) in [5.74, 6) is 0.829. The van der Waals surface area contributed by atoms with Gasteiger partial charge >= 0.3 is 0 Å². The Morgan fingerprint density at radius 1 is 1.00 bits per heavy atom. The number of piperidine rings is 1. The lowest BCUT2D eigenvalue weighted by Crippen LogP contribution is -2.43. The van der Waals surface area contributed by atoms with Gasteiger partial charge in [-0.2, -0.15) is 5.10 Å². The monoisotopic (exact) mass is 446 g/mol. The highest BCUT2D eigenvalue weighted by Gasteiger charge is 2.21. The van der Waals surface area contributed by atoms with E-state index < -0.39 is 0 Å². The highest BCUT2D eigenvalue weighted by molar-refractivity contribution is 5.66. The maximum absolute atomic E-state index is 13.1. The van der Waals surface area contributed by atoms with Gasteiger partial charge in [0.15, 0.2) is 5.65 Å². The highest BCUT2D eigenvalue weighted by Crippen LogP contribution is 2.22. The first kappa shape index (κ1) is 21.5. The Morgan fingerprint density at radius 3 is 2.55 bits per heavy atom. The summed E-state index contributed by atoms with van der Waals surface area (Å²) in [5, 5.41) is 8.24. The Hall–Kier alpha value is -3.33. The van der Waals surface area contributed by atoms with Gasteiger partial charge in [-0.1, -0.05) is 6.92 Å². The van der Waals surface area contributed by atoms with Crippen LogP contribution < -0.4 is 15.8 Å². The van der Waals surface area contributed by atoms with Gasteiger partial charge < -0.3 is 10.2 Å². The minimum Gasteiger partial charge on any atom is -0.355 e. The molecule has 1 aliphatic rings. The van der Waals surface area contributed by atoms with E-state index in [9.17, 15) is 4.79 Å². The average Bonchev–Trinajstić information content (AvgIpc) is 3.23. The molecular formula is C24H30N8O. The third-order valence-corrected chi connectivity index (χ3v) is 6.33. The second-order valence-corrected chi connectivity index (χ2v) is 8.90. The Balaban J connectivity index is 1.48. The lowest BCUT2D eigenvalue weighted by molar-refractivity contribution is 0.414. The minimum atomic E-state index is -0.135. The fraction of sp³-hybridized carbons (Fsp3) is 0.458. The molecule has 0 bridgehead atoms. The summed E-state index contributed by atoms with van der Waals surface area (Å²) in [6.45, 7) is 10.9. The Bertz CT molecular complexity index is 1380.